The summed E-state index contributed by atoms with van der Waals surface area (Å²) in [6.45, 7) is 2.11. The van der Waals surface area contributed by atoms with Crippen LogP contribution in [0.1, 0.15) is 28.9 Å². The minimum atomic E-state index is -0.185. The van der Waals surface area contributed by atoms with E-state index in [4.69, 9.17) is 10.5 Å². The Balaban J connectivity index is 1.81. The molecule has 1 aromatic heterocycles. The van der Waals surface area contributed by atoms with Crippen molar-refractivity contribution in [3.8, 4) is 0 Å². The topological polar surface area (TPSA) is 102 Å². The summed E-state index contributed by atoms with van der Waals surface area (Å²) in [4.78, 5) is 20.0. The Hall–Kier alpha value is -1.89. The summed E-state index contributed by atoms with van der Waals surface area (Å²) in [5.74, 6) is 0.592. The standard InChI is InChI=1S/C12H17N5O2/c13-12-16-9-8(3-4-14-11(9)18)10(17-12)15-6-7-2-1-5-19-7/h7H,1-6H2,(H,14,18)(H3,13,15,16,17). The molecule has 102 valence electrons. The van der Waals surface area contributed by atoms with Gasteiger partial charge in [-0.05, 0) is 19.3 Å². The van der Waals surface area contributed by atoms with Crippen LogP contribution in [-0.4, -0.2) is 41.7 Å². The fourth-order valence-corrected chi connectivity index (χ4v) is 2.47. The van der Waals surface area contributed by atoms with E-state index in [0.717, 1.165) is 31.4 Å². The third kappa shape index (κ3) is 2.46. The van der Waals surface area contributed by atoms with Gasteiger partial charge in [-0.1, -0.05) is 0 Å². The normalized spacial score (nSPS) is 21.9. The molecule has 3 heterocycles. The second-order valence-electron chi connectivity index (χ2n) is 4.78. The van der Waals surface area contributed by atoms with Crippen molar-refractivity contribution in [1.82, 2.24) is 15.3 Å². The van der Waals surface area contributed by atoms with Crippen molar-refractivity contribution in [3.63, 3.8) is 0 Å². The van der Waals surface area contributed by atoms with Crippen molar-refractivity contribution >= 4 is 17.7 Å². The van der Waals surface area contributed by atoms with E-state index in [9.17, 15) is 4.79 Å². The zero-order valence-electron chi connectivity index (χ0n) is 10.6. The number of rotatable bonds is 3. The highest BCUT2D eigenvalue weighted by Crippen LogP contribution is 2.22. The molecule has 0 radical (unpaired) electrons. The zero-order valence-corrected chi connectivity index (χ0v) is 10.6. The van der Waals surface area contributed by atoms with Gasteiger partial charge in [0.25, 0.3) is 5.91 Å². The number of nitrogen functional groups attached to an aromatic ring is 1. The van der Waals surface area contributed by atoms with Crippen LogP contribution in [0, 0.1) is 0 Å². The molecule has 0 aliphatic carbocycles. The van der Waals surface area contributed by atoms with Crippen LogP contribution in [0.15, 0.2) is 0 Å². The van der Waals surface area contributed by atoms with Gasteiger partial charge in [0.1, 0.15) is 11.5 Å². The molecule has 7 heteroatoms. The van der Waals surface area contributed by atoms with Gasteiger partial charge in [0.05, 0.1) is 6.10 Å². The van der Waals surface area contributed by atoms with Crippen LogP contribution in [-0.2, 0) is 11.2 Å². The summed E-state index contributed by atoms with van der Waals surface area (Å²) < 4.78 is 5.55. The summed E-state index contributed by atoms with van der Waals surface area (Å²) in [6, 6.07) is 0. The lowest BCUT2D eigenvalue weighted by Crippen LogP contribution is -2.34. The van der Waals surface area contributed by atoms with Crippen molar-refractivity contribution in [2.45, 2.75) is 25.4 Å². The molecule has 0 spiro atoms. The van der Waals surface area contributed by atoms with Gasteiger partial charge in [0.2, 0.25) is 5.95 Å². The fourth-order valence-electron chi connectivity index (χ4n) is 2.47. The first-order valence-electron chi connectivity index (χ1n) is 6.54. The molecule has 0 bridgehead atoms. The predicted octanol–water partition coefficient (Wildman–Crippen LogP) is -0.0644. The number of anilines is 2. The van der Waals surface area contributed by atoms with Crippen LogP contribution in [0.2, 0.25) is 0 Å². The molecule has 1 saturated heterocycles. The lowest BCUT2D eigenvalue weighted by atomic mass is 10.1. The number of hydrogen-bond acceptors (Lipinski definition) is 6. The number of hydrogen-bond donors (Lipinski definition) is 3. The molecule has 1 fully saturated rings. The van der Waals surface area contributed by atoms with E-state index >= 15 is 0 Å². The quantitative estimate of drug-likeness (QED) is 0.706. The van der Waals surface area contributed by atoms with Crippen molar-refractivity contribution in [1.29, 1.82) is 0 Å². The molecule has 0 aromatic carbocycles. The highest BCUT2D eigenvalue weighted by atomic mass is 16.5. The van der Waals surface area contributed by atoms with Gasteiger partial charge in [-0.15, -0.1) is 0 Å². The van der Waals surface area contributed by atoms with Crippen molar-refractivity contribution in [3.05, 3.63) is 11.3 Å². The maximum absolute atomic E-state index is 11.7. The highest BCUT2D eigenvalue weighted by molar-refractivity contribution is 5.96. The minimum absolute atomic E-state index is 0.116. The third-order valence-corrected chi connectivity index (χ3v) is 3.42. The van der Waals surface area contributed by atoms with Crippen LogP contribution < -0.4 is 16.4 Å². The van der Waals surface area contributed by atoms with Gasteiger partial charge in [-0.3, -0.25) is 4.79 Å². The lowest BCUT2D eigenvalue weighted by Gasteiger charge is -2.20. The van der Waals surface area contributed by atoms with Crippen molar-refractivity contribution in [2.75, 3.05) is 30.7 Å². The summed E-state index contributed by atoms with van der Waals surface area (Å²) >= 11 is 0. The smallest absolute Gasteiger partial charge is 0.270 e. The molecule has 3 rings (SSSR count). The average Bonchev–Trinajstić information content (AvgIpc) is 2.90. The van der Waals surface area contributed by atoms with Gasteiger partial charge in [-0.25, -0.2) is 4.98 Å². The van der Waals surface area contributed by atoms with Gasteiger partial charge < -0.3 is 21.1 Å². The van der Waals surface area contributed by atoms with Crippen LogP contribution in [0.25, 0.3) is 0 Å². The Morgan fingerprint density at radius 1 is 1.47 bits per heavy atom. The minimum Gasteiger partial charge on any atom is -0.376 e. The van der Waals surface area contributed by atoms with E-state index in [2.05, 4.69) is 20.6 Å². The summed E-state index contributed by atoms with van der Waals surface area (Å²) in [7, 11) is 0. The number of nitrogens with one attached hydrogen (secondary N) is 2. The summed E-state index contributed by atoms with van der Waals surface area (Å²) in [6.07, 6.45) is 3.08. The molecular formula is C12H17N5O2. The molecule has 1 aromatic rings. The average molecular weight is 263 g/mol. The summed E-state index contributed by atoms with van der Waals surface area (Å²) in [5.41, 5.74) is 6.88. The Morgan fingerprint density at radius 3 is 3.16 bits per heavy atom. The first-order valence-corrected chi connectivity index (χ1v) is 6.54. The van der Waals surface area contributed by atoms with Gasteiger partial charge in [0, 0.05) is 25.3 Å². The van der Waals surface area contributed by atoms with E-state index in [1.165, 1.54) is 0 Å². The van der Waals surface area contributed by atoms with Crippen molar-refractivity contribution < 1.29 is 9.53 Å². The Labute approximate surface area is 110 Å². The number of amides is 1. The van der Waals surface area contributed by atoms with Crippen molar-refractivity contribution in [2.24, 2.45) is 0 Å². The molecule has 2 aliphatic rings. The number of ether oxygens (including phenoxy) is 1. The Kier molecular flexibility index (Phi) is 3.20. The van der Waals surface area contributed by atoms with E-state index < -0.39 is 0 Å². The highest BCUT2D eigenvalue weighted by Gasteiger charge is 2.24. The first-order chi connectivity index (χ1) is 9.24. The SMILES string of the molecule is Nc1nc(NCC2CCCO2)c2c(n1)C(=O)NCC2. The monoisotopic (exact) mass is 263 g/mol. The summed E-state index contributed by atoms with van der Waals surface area (Å²) in [5, 5.41) is 5.99. The van der Waals surface area contributed by atoms with Crippen LogP contribution >= 0.6 is 0 Å². The Morgan fingerprint density at radius 2 is 2.37 bits per heavy atom. The number of nitrogens with zero attached hydrogens (tertiary/aromatic N) is 2. The zero-order chi connectivity index (χ0) is 13.2. The van der Waals surface area contributed by atoms with Crippen LogP contribution in [0.4, 0.5) is 11.8 Å². The maximum Gasteiger partial charge on any atom is 0.270 e. The second kappa shape index (κ2) is 5.00. The molecule has 1 unspecified atom stereocenters. The number of carbonyl (C=O) groups excluding carboxylic acids is 1. The third-order valence-electron chi connectivity index (χ3n) is 3.42. The molecule has 1 atom stereocenters. The number of carbonyl (C=O) groups is 1. The second-order valence-corrected chi connectivity index (χ2v) is 4.78. The number of nitrogens with two attached hydrogens (primary N) is 1. The fraction of sp³-hybridized carbons (Fsp3) is 0.583. The molecule has 0 saturated carbocycles. The predicted molar refractivity (Wildman–Crippen MR) is 69.9 cm³/mol. The van der Waals surface area contributed by atoms with E-state index in [1.807, 2.05) is 0 Å². The number of aromatic nitrogens is 2. The molecule has 7 nitrogen and oxygen atoms in total. The van der Waals surface area contributed by atoms with E-state index in [0.29, 0.717) is 24.6 Å². The van der Waals surface area contributed by atoms with Gasteiger partial charge in [0.15, 0.2) is 0 Å². The molecule has 19 heavy (non-hydrogen) atoms. The molecular weight excluding hydrogens is 246 g/mol. The molecule has 2 aliphatic heterocycles. The Bertz CT molecular complexity index is 499. The van der Waals surface area contributed by atoms with E-state index in [-0.39, 0.29) is 18.0 Å². The maximum atomic E-state index is 11.7. The lowest BCUT2D eigenvalue weighted by molar-refractivity contribution is 0.0940. The number of fused-ring (bicyclic) bond motifs is 1. The van der Waals surface area contributed by atoms with Crippen LogP contribution in [0.5, 0.6) is 0 Å². The van der Waals surface area contributed by atoms with Gasteiger partial charge >= 0.3 is 0 Å². The molecule has 4 N–H and O–H groups in total. The largest absolute Gasteiger partial charge is 0.376 e. The van der Waals surface area contributed by atoms with Crippen LogP contribution in [0.3, 0.4) is 0 Å². The molecule has 1 amide bonds. The van der Waals surface area contributed by atoms with Gasteiger partial charge in [-0.2, -0.15) is 4.98 Å². The first kappa shape index (κ1) is 12.2. The van der Waals surface area contributed by atoms with E-state index in [1.54, 1.807) is 0 Å².